The highest BCUT2D eigenvalue weighted by Crippen LogP contribution is 2.23. The van der Waals surface area contributed by atoms with Gasteiger partial charge in [0.15, 0.2) is 0 Å². The number of likely N-dealkylation sites (tertiary alicyclic amines) is 1. The minimum Gasteiger partial charge on any atom is -0.368 e. The molecule has 2 saturated heterocycles. The highest BCUT2D eigenvalue weighted by atomic mass is 16.5. The molecule has 0 saturated carbocycles. The molecule has 0 aromatic carbocycles. The van der Waals surface area contributed by atoms with Crippen molar-refractivity contribution in [2.75, 3.05) is 13.2 Å². The van der Waals surface area contributed by atoms with Crippen LogP contribution >= 0.6 is 0 Å². The van der Waals surface area contributed by atoms with Crippen LogP contribution in [0.5, 0.6) is 0 Å². The number of carbonyl (C=O) groups excluding carboxylic acids is 1. The van der Waals surface area contributed by atoms with Gasteiger partial charge in [-0.2, -0.15) is 5.10 Å². The van der Waals surface area contributed by atoms with Crippen molar-refractivity contribution in [3.8, 4) is 0 Å². The zero-order valence-corrected chi connectivity index (χ0v) is 12.1. The van der Waals surface area contributed by atoms with Crippen molar-refractivity contribution in [3.63, 3.8) is 0 Å². The second-order valence-electron chi connectivity index (χ2n) is 5.92. The predicted molar refractivity (Wildman–Crippen MR) is 75.3 cm³/mol. The molecule has 5 nitrogen and oxygen atoms in total. The quantitative estimate of drug-likeness (QED) is 0.845. The maximum Gasteiger partial charge on any atom is 0.252 e. The van der Waals surface area contributed by atoms with Gasteiger partial charge in [-0.3, -0.25) is 9.48 Å². The molecule has 5 heteroatoms. The number of piperidine rings is 1. The van der Waals surface area contributed by atoms with Crippen molar-refractivity contribution >= 4 is 5.91 Å². The van der Waals surface area contributed by atoms with Gasteiger partial charge in [0, 0.05) is 19.3 Å². The molecule has 0 N–H and O–H groups in total. The number of carbonyl (C=O) groups is 1. The van der Waals surface area contributed by atoms with Crippen LogP contribution < -0.4 is 0 Å². The standard InChI is InChI=1S/C15H23N3O2/c1-12-9-16-17(10-12)11-13-5-2-3-7-18(13)15(19)14-6-4-8-20-14/h9-10,13-14H,2-8,11H2,1H3/t13-,14-/m1/s1. The minimum absolute atomic E-state index is 0.191. The number of ether oxygens (including phenoxy) is 1. The maximum atomic E-state index is 12.6. The van der Waals surface area contributed by atoms with E-state index in [4.69, 9.17) is 4.74 Å². The molecule has 0 bridgehead atoms. The lowest BCUT2D eigenvalue weighted by molar-refractivity contribution is -0.145. The van der Waals surface area contributed by atoms with E-state index >= 15 is 0 Å². The molecule has 2 atom stereocenters. The topological polar surface area (TPSA) is 47.4 Å². The zero-order valence-electron chi connectivity index (χ0n) is 12.1. The average molecular weight is 277 g/mol. The molecule has 0 spiro atoms. The van der Waals surface area contributed by atoms with Crippen LogP contribution in [0, 0.1) is 6.92 Å². The van der Waals surface area contributed by atoms with Gasteiger partial charge in [0.05, 0.1) is 18.8 Å². The first-order valence-corrected chi connectivity index (χ1v) is 7.65. The van der Waals surface area contributed by atoms with Gasteiger partial charge in [-0.15, -0.1) is 0 Å². The van der Waals surface area contributed by atoms with Gasteiger partial charge in [0.1, 0.15) is 6.10 Å². The molecule has 20 heavy (non-hydrogen) atoms. The number of hydrogen-bond donors (Lipinski definition) is 0. The van der Waals surface area contributed by atoms with Crippen molar-refractivity contribution in [2.45, 2.75) is 57.7 Å². The van der Waals surface area contributed by atoms with Gasteiger partial charge < -0.3 is 9.64 Å². The van der Waals surface area contributed by atoms with E-state index in [0.717, 1.165) is 50.9 Å². The summed E-state index contributed by atoms with van der Waals surface area (Å²) in [5.41, 5.74) is 1.16. The molecular formula is C15H23N3O2. The molecule has 3 heterocycles. The smallest absolute Gasteiger partial charge is 0.252 e. The van der Waals surface area contributed by atoms with Gasteiger partial charge in [-0.05, 0) is 44.6 Å². The molecule has 3 rings (SSSR count). The molecule has 0 unspecified atom stereocenters. The fraction of sp³-hybridized carbons (Fsp3) is 0.733. The van der Waals surface area contributed by atoms with E-state index in [1.165, 1.54) is 6.42 Å². The number of amides is 1. The van der Waals surface area contributed by atoms with E-state index in [2.05, 4.69) is 5.10 Å². The Kier molecular flexibility index (Phi) is 4.05. The van der Waals surface area contributed by atoms with Crippen molar-refractivity contribution in [3.05, 3.63) is 18.0 Å². The summed E-state index contributed by atoms with van der Waals surface area (Å²) in [7, 11) is 0. The fourth-order valence-electron chi connectivity index (χ4n) is 3.22. The highest BCUT2D eigenvalue weighted by molar-refractivity contribution is 5.81. The number of nitrogens with zero attached hydrogens (tertiary/aromatic N) is 3. The van der Waals surface area contributed by atoms with E-state index in [1.807, 2.05) is 28.9 Å². The molecule has 110 valence electrons. The summed E-state index contributed by atoms with van der Waals surface area (Å²) < 4.78 is 7.52. The van der Waals surface area contributed by atoms with Gasteiger partial charge in [-0.25, -0.2) is 0 Å². The lowest BCUT2D eigenvalue weighted by Crippen LogP contribution is -2.49. The van der Waals surface area contributed by atoms with Crippen LogP contribution in [0.3, 0.4) is 0 Å². The summed E-state index contributed by atoms with van der Waals surface area (Å²) in [6.45, 7) is 4.43. The Morgan fingerprint density at radius 3 is 3.00 bits per heavy atom. The first kappa shape index (κ1) is 13.6. The Bertz CT molecular complexity index is 465. The Labute approximate surface area is 119 Å². The Morgan fingerprint density at radius 2 is 2.30 bits per heavy atom. The molecule has 2 aliphatic rings. The Balaban J connectivity index is 1.68. The Morgan fingerprint density at radius 1 is 1.40 bits per heavy atom. The monoisotopic (exact) mass is 277 g/mol. The van der Waals surface area contributed by atoms with E-state index in [-0.39, 0.29) is 18.1 Å². The summed E-state index contributed by atoms with van der Waals surface area (Å²) in [5, 5.41) is 4.35. The molecule has 2 aliphatic heterocycles. The number of aryl methyl sites for hydroxylation is 1. The van der Waals surface area contributed by atoms with Gasteiger partial charge in [0.25, 0.3) is 5.91 Å². The van der Waals surface area contributed by atoms with E-state index in [1.54, 1.807) is 0 Å². The zero-order chi connectivity index (χ0) is 13.9. The van der Waals surface area contributed by atoms with Crippen molar-refractivity contribution in [1.82, 2.24) is 14.7 Å². The predicted octanol–water partition coefficient (Wildman–Crippen LogP) is 1.75. The van der Waals surface area contributed by atoms with E-state index in [9.17, 15) is 4.79 Å². The summed E-state index contributed by atoms with van der Waals surface area (Å²) >= 11 is 0. The van der Waals surface area contributed by atoms with Crippen molar-refractivity contribution in [2.24, 2.45) is 0 Å². The molecule has 0 aliphatic carbocycles. The lowest BCUT2D eigenvalue weighted by atomic mass is 10.0. The molecule has 1 aromatic rings. The third kappa shape index (κ3) is 2.87. The molecular weight excluding hydrogens is 254 g/mol. The number of hydrogen-bond acceptors (Lipinski definition) is 3. The van der Waals surface area contributed by atoms with Crippen LogP contribution in [0.15, 0.2) is 12.4 Å². The summed E-state index contributed by atoms with van der Waals surface area (Å²) in [6.07, 6.45) is 8.97. The normalized spacial score (nSPS) is 26.9. The minimum atomic E-state index is -0.199. The second kappa shape index (κ2) is 5.95. The van der Waals surface area contributed by atoms with Gasteiger partial charge in [-0.1, -0.05) is 0 Å². The van der Waals surface area contributed by atoms with Crippen LogP contribution in [-0.4, -0.2) is 45.9 Å². The van der Waals surface area contributed by atoms with Crippen LogP contribution in [0.25, 0.3) is 0 Å². The highest BCUT2D eigenvalue weighted by Gasteiger charge is 2.33. The fourth-order valence-corrected chi connectivity index (χ4v) is 3.22. The first-order valence-electron chi connectivity index (χ1n) is 7.65. The Hall–Kier alpha value is -1.36. The number of aromatic nitrogens is 2. The SMILES string of the molecule is Cc1cnn(C[C@H]2CCCCN2C(=O)[C@H]2CCCO2)c1. The molecule has 2 fully saturated rings. The van der Waals surface area contributed by atoms with Crippen LogP contribution in [0.2, 0.25) is 0 Å². The third-order valence-corrected chi connectivity index (χ3v) is 4.28. The van der Waals surface area contributed by atoms with E-state index < -0.39 is 0 Å². The average Bonchev–Trinajstić information content (AvgIpc) is 3.10. The third-order valence-electron chi connectivity index (χ3n) is 4.28. The van der Waals surface area contributed by atoms with Crippen LogP contribution in [0.4, 0.5) is 0 Å². The van der Waals surface area contributed by atoms with Crippen molar-refractivity contribution in [1.29, 1.82) is 0 Å². The molecule has 1 aromatic heterocycles. The summed E-state index contributed by atoms with van der Waals surface area (Å²) in [5.74, 6) is 0.191. The van der Waals surface area contributed by atoms with Gasteiger partial charge in [0.2, 0.25) is 0 Å². The molecule has 1 amide bonds. The van der Waals surface area contributed by atoms with Crippen molar-refractivity contribution < 1.29 is 9.53 Å². The first-order chi connectivity index (χ1) is 9.74. The van der Waals surface area contributed by atoms with E-state index in [0.29, 0.717) is 0 Å². The summed E-state index contributed by atoms with van der Waals surface area (Å²) in [4.78, 5) is 14.6. The largest absolute Gasteiger partial charge is 0.368 e. The molecule has 0 radical (unpaired) electrons. The second-order valence-corrected chi connectivity index (χ2v) is 5.92. The maximum absolute atomic E-state index is 12.6. The van der Waals surface area contributed by atoms with Crippen LogP contribution in [0.1, 0.15) is 37.7 Å². The number of rotatable bonds is 3. The van der Waals surface area contributed by atoms with Crippen LogP contribution in [-0.2, 0) is 16.1 Å². The lowest BCUT2D eigenvalue weighted by Gasteiger charge is -2.37. The van der Waals surface area contributed by atoms with Gasteiger partial charge >= 0.3 is 0 Å². The summed E-state index contributed by atoms with van der Waals surface area (Å²) in [6, 6.07) is 0.264.